The van der Waals surface area contributed by atoms with Crippen LogP contribution in [0.25, 0.3) is 0 Å². The van der Waals surface area contributed by atoms with Crippen LogP contribution in [0.2, 0.25) is 0 Å². The molecule has 200 valence electrons. The van der Waals surface area contributed by atoms with Crippen LogP contribution in [0.5, 0.6) is 51.7 Å². The molecule has 2 unspecified atom stereocenters. The van der Waals surface area contributed by atoms with Gasteiger partial charge >= 0.3 is 0 Å². The number of hydrogen-bond acceptors (Lipinski definition) is 12. The first-order valence-electron chi connectivity index (χ1n) is 11.4. The van der Waals surface area contributed by atoms with Crippen LogP contribution in [0, 0.1) is 0 Å². The molecule has 0 fully saturated rings. The summed E-state index contributed by atoms with van der Waals surface area (Å²) in [5.74, 6) is -2.46. The zero-order chi connectivity index (χ0) is 27.3. The Hall–Kier alpha value is -4.55. The number of phenols is 4. The van der Waals surface area contributed by atoms with Crippen molar-refractivity contribution in [2.45, 2.75) is 24.4 Å². The number of Topliss-reactive ketones (excluding diaryl/α,β-unsaturated/α-hetero) is 1. The molecule has 0 amide bonds. The summed E-state index contributed by atoms with van der Waals surface area (Å²) in [6.45, 7) is -0.500. The maximum atomic E-state index is 12.8. The Morgan fingerprint density at radius 2 is 1.42 bits per heavy atom. The van der Waals surface area contributed by atoms with Crippen molar-refractivity contribution in [3.63, 3.8) is 0 Å². The Labute approximate surface area is 215 Å². The van der Waals surface area contributed by atoms with Crippen molar-refractivity contribution >= 4 is 5.78 Å². The summed E-state index contributed by atoms with van der Waals surface area (Å²) in [5.41, 5.74) is 0.255. The van der Waals surface area contributed by atoms with E-state index in [0.29, 0.717) is 5.56 Å². The summed E-state index contributed by atoms with van der Waals surface area (Å²) in [7, 11) is 2.71. The smallest absolute Gasteiger partial charge is 0.203 e. The summed E-state index contributed by atoms with van der Waals surface area (Å²) < 4.78 is 28.1. The Morgan fingerprint density at radius 1 is 0.789 bits per heavy atom. The lowest BCUT2D eigenvalue weighted by Gasteiger charge is -2.35. The highest BCUT2D eigenvalue weighted by Gasteiger charge is 2.41. The van der Waals surface area contributed by atoms with Crippen LogP contribution >= 0.6 is 0 Å². The number of aliphatic hydroxyl groups is 2. The largest absolute Gasteiger partial charge is 0.508 e. The minimum absolute atomic E-state index is 0.00788. The van der Waals surface area contributed by atoms with Crippen LogP contribution in [-0.2, 0) is 0 Å². The van der Waals surface area contributed by atoms with Gasteiger partial charge in [-0.1, -0.05) is 0 Å². The van der Waals surface area contributed by atoms with E-state index < -0.39 is 48.3 Å². The van der Waals surface area contributed by atoms with E-state index in [1.54, 1.807) is 0 Å². The van der Waals surface area contributed by atoms with E-state index in [1.807, 2.05) is 0 Å². The van der Waals surface area contributed by atoms with Gasteiger partial charge in [0.2, 0.25) is 17.3 Å². The van der Waals surface area contributed by atoms with Gasteiger partial charge in [0.1, 0.15) is 22.8 Å². The Kier molecular flexibility index (Phi) is 6.21. The normalized spacial score (nSPS) is 21.8. The first-order valence-corrected chi connectivity index (χ1v) is 11.4. The second kappa shape index (κ2) is 9.39. The molecule has 12 heteroatoms. The van der Waals surface area contributed by atoms with Crippen LogP contribution in [0.4, 0.5) is 0 Å². The molecule has 5 rings (SSSR count). The van der Waals surface area contributed by atoms with E-state index in [0.717, 1.165) is 12.1 Å². The molecule has 0 aromatic heterocycles. The monoisotopic (exact) mass is 528 g/mol. The highest BCUT2D eigenvalue weighted by molar-refractivity contribution is 6.05. The molecule has 0 radical (unpaired) electrons. The summed E-state index contributed by atoms with van der Waals surface area (Å²) >= 11 is 0. The van der Waals surface area contributed by atoms with Gasteiger partial charge in [-0.15, -0.1) is 0 Å². The van der Waals surface area contributed by atoms with Crippen molar-refractivity contribution in [3.8, 4) is 51.7 Å². The summed E-state index contributed by atoms with van der Waals surface area (Å²) in [4.78, 5) is 12.8. The average molecular weight is 528 g/mol. The molecule has 12 nitrogen and oxygen atoms in total. The summed E-state index contributed by atoms with van der Waals surface area (Å²) in [6.07, 6.45) is -5.03. The third kappa shape index (κ3) is 3.99. The van der Waals surface area contributed by atoms with Gasteiger partial charge in [-0.05, 0) is 24.3 Å². The fourth-order valence-electron chi connectivity index (χ4n) is 4.56. The van der Waals surface area contributed by atoms with Gasteiger partial charge in [-0.25, -0.2) is 0 Å². The maximum absolute atomic E-state index is 12.8. The number of benzene rings is 3. The minimum atomic E-state index is -1.76. The van der Waals surface area contributed by atoms with Crippen molar-refractivity contribution in [2.75, 3.05) is 20.8 Å². The Balaban J connectivity index is 1.55. The van der Waals surface area contributed by atoms with Crippen molar-refractivity contribution < 1.29 is 59.1 Å². The van der Waals surface area contributed by atoms with Crippen molar-refractivity contribution in [2.24, 2.45) is 0 Å². The third-order valence-corrected chi connectivity index (χ3v) is 6.38. The molecule has 0 saturated heterocycles. The van der Waals surface area contributed by atoms with Gasteiger partial charge < -0.3 is 54.3 Å². The number of aromatic hydroxyl groups is 4. The fourth-order valence-corrected chi connectivity index (χ4v) is 4.56. The Bertz CT molecular complexity index is 1390. The van der Waals surface area contributed by atoms with Crippen molar-refractivity contribution in [1.82, 2.24) is 0 Å². The van der Waals surface area contributed by atoms with Crippen LogP contribution in [0.3, 0.4) is 0 Å². The zero-order valence-corrected chi connectivity index (χ0v) is 20.1. The van der Waals surface area contributed by atoms with E-state index >= 15 is 0 Å². The topological polar surface area (TPSA) is 185 Å². The van der Waals surface area contributed by atoms with E-state index in [2.05, 4.69) is 0 Å². The van der Waals surface area contributed by atoms with E-state index in [4.69, 9.17) is 23.7 Å². The molecule has 4 atom stereocenters. The van der Waals surface area contributed by atoms with Gasteiger partial charge in [0.15, 0.2) is 47.4 Å². The van der Waals surface area contributed by atoms with E-state index in [9.17, 15) is 35.4 Å². The number of ether oxygens (including phenoxy) is 5. The van der Waals surface area contributed by atoms with E-state index in [1.165, 1.54) is 38.5 Å². The molecule has 3 aromatic rings. The maximum Gasteiger partial charge on any atom is 0.203 e. The predicted octanol–water partition coefficient (Wildman–Crippen LogP) is 2.08. The second-order valence-corrected chi connectivity index (χ2v) is 8.70. The SMILES string of the molecule is COc1cc(C2Oc3cc([C@H]4Oc5cc(O)cc(O)c5C(=O)[C@@H]4O)cc(O)c3OC2CO)cc(OC)c1O. The lowest BCUT2D eigenvalue weighted by Crippen LogP contribution is -2.37. The van der Waals surface area contributed by atoms with Crippen molar-refractivity contribution in [3.05, 3.63) is 53.1 Å². The average Bonchev–Trinajstić information content (AvgIpc) is 2.89. The summed E-state index contributed by atoms with van der Waals surface area (Å²) in [5, 5.41) is 61.5. The Morgan fingerprint density at radius 3 is 2.05 bits per heavy atom. The number of ketones is 1. The number of phenolic OH excluding ortho intramolecular Hbond substituents is 4. The minimum Gasteiger partial charge on any atom is -0.508 e. The molecule has 6 N–H and O–H groups in total. The standard InChI is InChI=1S/C26H24O12/c1-34-16-4-11(5-17(35-2)21(16)31)24-19(9-27)38-26-14(30)3-10(6-18(26)37-24)25-23(33)22(32)20-13(29)7-12(28)8-15(20)36-25/h3-8,19,23-25,27-31,33H,9H2,1-2H3/t19?,23-,24?,25+/m0/s1. The molecule has 0 bridgehead atoms. The predicted molar refractivity (Wildman–Crippen MR) is 128 cm³/mol. The first-order chi connectivity index (χ1) is 18.2. The number of hydrogen-bond donors (Lipinski definition) is 6. The molecule has 2 aliphatic rings. The molecule has 0 aliphatic carbocycles. The molecule has 2 heterocycles. The third-order valence-electron chi connectivity index (χ3n) is 6.38. The number of fused-ring (bicyclic) bond motifs is 2. The number of carbonyl (C=O) groups is 1. The molecular weight excluding hydrogens is 504 g/mol. The number of rotatable bonds is 5. The van der Waals surface area contributed by atoms with Crippen LogP contribution in [0.15, 0.2) is 36.4 Å². The molecule has 0 saturated carbocycles. The molecule has 2 aliphatic heterocycles. The highest BCUT2D eigenvalue weighted by Crippen LogP contribution is 2.50. The van der Waals surface area contributed by atoms with Crippen molar-refractivity contribution in [1.29, 1.82) is 0 Å². The van der Waals surface area contributed by atoms with E-state index in [-0.39, 0.29) is 51.4 Å². The van der Waals surface area contributed by atoms with Gasteiger partial charge in [-0.2, -0.15) is 0 Å². The van der Waals surface area contributed by atoms with Gasteiger partial charge in [-0.3, -0.25) is 4.79 Å². The quantitative estimate of drug-likeness (QED) is 0.284. The number of aliphatic hydroxyl groups excluding tert-OH is 2. The van der Waals surface area contributed by atoms with Gasteiger partial charge in [0, 0.05) is 23.3 Å². The first kappa shape index (κ1) is 25.1. The van der Waals surface area contributed by atoms with Crippen LogP contribution in [0.1, 0.15) is 33.7 Å². The second-order valence-electron chi connectivity index (χ2n) is 8.70. The van der Waals surface area contributed by atoms with Crippen LogP contribution in [-0.4, -0.2) is 69.5 Å². The van der Waals surface area contributed by atoms with Gasteiger partial charge in [0.25, 0.3) is 0 Å². The lowest BCUT2D eigenvalue weighted by atomic mass is 9.92. The van der Waals surface area contributed by atoms with Gasteiger partial charge in [0.05, 0.1) is 20.8 Å². The molecule has 0 spiro atoms. The number of methoxy groups -OCH3 is 2. The lowest BCUT2D eigenvalue weighted by molar-refractivity contribution is -0.0149. The number of carbonyl (C=O) groups excluding carboxylic acids is 1. The summed E-state index contributed by atoms with van der Waals surface area (Å²) in [6, 6.07) is 7.63. The fraction of sp³-hybridized carbons (Fsp3) is 0.269. The molecular formula is C26H24O12. The zero-order valence-electron chi connectivity index (χ0n) is 20.1. The highest BCUT2D eigenvalue weighted by atomic mass is 16.6. The molecule has 38 heavy (non-hydrogen) atoms. The molecule has 3 aromatic carbocycles. The van der Waals surface area contributed by atoms with Crippen LogP contribution < -0.4 is 23.7 Å².